The molecule has 44 heavy (non-hydrogen) atoms. The van der Waals surface area contributed by atoms with Crippen molar-refractivity contribution in [1.82, 2.24) is 15.5 Å². The summed E-state index contributed by atoms with van der Waals surface area (Å²) in [4.78, 5) is 47.9. The summed E-state index contributed by atoms with van der Waals surface area (Å²) in [5, 5.41) is 22.1. The Morgan fingerprint density at radius 3 is 2.41 bits per heavy atom. The molecular formula is C29H37N5O10. The summed E-state index contributed by atoms with van der Waals surface area (Å²) in [5.41, 5.74) is 7.43. The van der Waals surface area contributed by atoms with Crippen molar-refractivity contribution < 1.29 is 48.0 Å². The van der Waals surface area contributed by atoms with Gasteiger partial charge in [-0.3, -0.25) is 19.5 Å². The van der Waals surface area contributed by atoms with E-state index in [1.54, 1.807) is 12.1 Å². The average Bonchev–Trinajstić information content (AvgIpc) is 3.43. The number of aromatic nitrogens is 2. The summed E-state index contributed by atoms with van der Waals surface area (Å²) in [5.74, 6) is -2.32. The first-order chi connectivity index (χ1) is 21.2. The van der Waals surface area contributed by atoms with Crippen LogP contribution in [0.4, 0.5) is 5.69 Å². The molecule has 0 saturated heterocycles. The number of H-pyrrole nitrogens is 1. The number of hydrogen-bond donors (Lipinski definition) is 5. The van der Waals surface area contributed by atoms with Gasteiger partial charge in [0.2, 0.25) is 5.91 Å². The van der Waals surface area contributed by atoms with Gasteiger partial charge < -0.3 is 45.2 Å². The highest BCUT2D eigenvalue weighted by Gasteiger charge is 2.21. The standard InChI is InChI=1S/C29H37N5O10/c1-18-4-3-5-22-26(18)27(34-33-22)29(39)31-19-6-7-23(40-2)21(14-19)28(38)32-20(15-42-12-13-43-16-24(30)35)8-9-41-10-11-44-17-25(36)37/h3-7,14,20H,8-13,15-17H2,1-2H3,(H2,30,35)(H,31,39)(H,32,38)(H,33,34)(H,36,37). The third kappa shape index (κ3) is 10.6. The van der Waals surface area contributed by atoms with Gasteiger partial charge in [0.15, 0.2) is 5.69 Å². The van der Waals surface area contributed by atoms with E-state index in [9.17, 15) is 19.2 Å². The molecular weight excluding hydrogens is 578 g/mol. The van der Waals surface area contributed by atoms with Crippen LogP contribution in [0, 0.1) is 6.92 Å². The molecule has 0 aliphatic heterocycles. The normalized spacial score (nSPS) is 11.7. The first kappa shape index (κ1) is 33.9. The van der Waals surface area contributed by atoms with Crippen LogP contribution in [0.15, 0.2) is 36.4 Å². The van der Waals surface area contributed by atoms with Crippen LogP contribution in [0.25, 0.3) is 10.9 Å². The molecule has 0 saturated carbocycles. The molecule has 0 bridgehead atoms. The molecule has 0 aliphatic carbocycles. The van der Waals surface area contributed by atoms with E-state index in [0.29, 0.717) is 17.5 Å². The molecule has 238 valence electrons. The zero-order valence-corrected chi connectivity index (χ0v) is 24.6. The maximum Gasteiger partial charge on any atom is 0.329 e. The number of nitrogens with one attached hydrogen (secondary N) is 3. The van der Waals surface area contributed by atoms with Gasteiger partial charge in [-0.05, 0) is 43.2 Å². The lowest BCUT2D eigenvalue weighted by molar-refractivity contribution is -0.142. The smallest absolute Gasteiger partial charge is 0.329 e. The molecule has 0 fully saturated rings. The molecule has 0 spiro atoms. The minimum atomic E-state index is -1.08. The Hall–Kier alpha value is -4.57. The van der Waals surface area contributed by atoms with Gasteiger partial charge >= 0.3 is 5.97 Å². The van der Waals surface area contributed by atoms with Crippen LogP contribution < -0.4 is 21.1 Å². The van der Waals surface area contributed by atoms with E-state index in [4.69, 9.17) is 34.5 Å². The van der Waals surface area contributed by atoms with E-state index in [0.717, 1.165) is 11.1 Å². The molecule has 3 rings (SSSR count). The molecule has 3 amide bonds. The zero-order valence-electron chi connectivity index (χ0n) is 24.6. The molecule has 1 unspecified atom stereocenters. The summed E-state index contributed by atoms with van der Waals surface area (Å²) in [6, 6.07) is 9.75. The largest absolute Gasteiger partial charge is 0.496 e. The van der Waals surface area contributed by atoms with Gasteiger partial charge in [0.05, 0.1) is 57.3 Å². The molecule has 15 nitrogen and oxygen atoms in total. The zero-order chi connectivity index (χ0) is 31.9. The number of ether oxygens (including phenoxy) is 5. The number of carboxylic acid groups (broad SMARTS) is 1. The second kappa shape index (κ2) is 17.5. The Labute approximate surface area is 253 Å². The van der Waals surface area contributed by atoms with Crippen molar-refractivity contribution in [2.45, 2.75) is 19.4 Å². The lowest BCUT2D eigenvalue weighted by Crippen LogP contribution is -2.39. The van der Waals surface area contributed by atoms with Crippen molar-refractivity contribution in [3.05, 3.63) is 53.2 Å². The van der Waals surface area contributed by atoms with E-state index >= 15 is 0 Å². The monoisotopic (exact) mass is 615 g/mol. The lowest BCUT2D eigenvalue weighted by Gasteiger charge is -2.20. The number of aliphatic carboxylic acids is 1. The molecule has 1 heterocycles. The number of aryl methyl sites for hydroxylation is 1. The van der Waals surface area contributed by atoms with E-state index in [-0.39, 0.29) is 63.3 Å². The highest BCUT2D eigenvalue weighted by atomic mass is 16.5. The number of carbonyl (C=O) groups excluding carboxylic acids is 3. The number of hydrogen-bond acceptors (Lipinski definition) is 10. The van der Waals surface area contributed by atoms with Crippen LogP contribution in [0.3, 0.4) is 0 Å². The van der Waals surface area contributed by atoms with Crippen LogP contribution in [0.1, 0.15) is 32.8 Å². The fourth-order valence-electron chi connectivity index (χ4n) is 4.15. The van der Waals surface area contributed by atoms with Crippen LogP contribution in [-0.2, 0) is 28.5 Å². The van der Waals surface area contributed by atoms with E-state index in [2.05, 4.69) is 20.8 Å². The molecule has 0 radical (unpaired) electrons. The molecule has 6 N–H and O–H groups in total. The summed E-state index contributed by atoms with van der Waals surface area (Å²) in [6.07, 6.45) is 0.344. The van der Waals surface area contributed by atoms with E-state index in [1.807, 2.05) is 25.1 Å². The van der Waals surface area contributed by atoms with Gasteiger partial charge in [-0.1, -0.05) is 12.1 Å². The van der Waals surface area contributed by atoms with Gasteiger partial charge in [-0.15, -0.1) is 0 Å². The third-order valence-electron chi connectivity index (χ3n) is 6.19. The predicted molar refractivity (Wildman–Crippen MR) is 158 cm³/mol. The Bertz CT molecular complexity index is 1430. The lowest BCUT2D eigenvalue weighted by atomic mass is 10.1. The molecule has 2 aromatic carbocycles. The second-order valence-corrected chi connectivity index (χ2v) is 9.55. The van der Waals surface area contributed by atoms with Crippen LogP contribution in [0.2, 0.25) is 0 Å². The topological polar surface area (TPSA) is 213 Å². The van der Waals surface area contributed by atoms with Gasteiger partial charge in [-0.2, -0.15) is 5.10 Å². The van der Waals surface area contributed by atoms with Crippen LogP contribution in [-0.4, -0.2) is 105 Å². The van der Waals surface area contributed by atoms with Gasteiger partial charge in [0.1, 0.15) is 19.0 Å². The number of rotatable bonds is 20. The third-order valence-corrected chi connectivity index (χ3v) is 6.19. The summed E-state index contributed by atoms with van der Waals surface area (Å²) in [7, 11) is 1.43. The van der Waals surface area contributed by atoms with Gasteiger partial charge in [-0.25, -0.2) is 4.79 Å². The van der Waals surface area contributed by atoms with Crippen LogP contribution in [0.5, 0.6) is 5.75 Å². The number of anilines is 1. The molecule has 1 aromatic heterocycles. The highest BCUT2D eigenvalue weighted by Crippen LogP contribution is 2.25. The number of nitrogens with zero attached hydrogens (tertiary/aromatic N) is 1. The van der Waals surface area contributed by atoms with Crippen molar-refractivity contribution >= 4 is 40.3 Å². The molecule has 1 atom stereocenters. The Balaban J connectivity index is 1.65. The number of benzene rings is 2. The first-order valence-corrected chi connectivity index (χ1v) is 13.7. The van der Waals surface area contributed by atoms with Crippen molar-refractivity contribution in [3.63, 3.8) is 0 Å². The quantitative estimate of drug-likeness (QED) is 0.114. The fraction of sp³-hybridized carbons (Fsp3) is 0.414. The number of carbonyl (C=O) groups is 4. The van der Waals surface area contributed by atoms with Crippen molar-refractivity contribution in [2.75, 3.05) is 65.3 Å². The number of carboxylic acids is 1. The summed E-state index contributed by atoms with van der Waals surface area (Å²) >= 11 is 0. The van der Waals surface area contributed by atoms with Crippen molar-refractivity contribution in [3.8, 4) is 5.75 Å². The summed E-state index contributed by atoms with van der Waals surface area (Å²) in [6.45, 7) is 2.07. The van der Waals surface area contributed by atoms with Gasteiger partial charge in [0.25, 0.3) is 11.8 Å². The number of amides is 3. The SMILES string of the molecule is COc1ccc(NC(=O)c2n[nH]c3cccc(C)c23)cc1C(=O)NC(CCOCCOCC(=O)O)COCCOCC(N)=O. The minimum absolute atomic E-state index is 0.0921. The number of aromatic amines is 1. The minimum Gasteiger partial charge on any atom is -0.496 e. The average molecular weight is 616 g/mol. The molecule has 0 aliphatic rings. The van der Waals surface area contributed by atoms with E-state index < -0.39 is 36.3 Å². The fourth-order valence-corrected chi connectivity index (χ4v) is 4.15. The Morgan fingerprint density at radius 2 is 1.68 bits per heavy atom. The number of primary amides is 1. The highest BCUT2D eigenvalue weighted by molar-refractivity contribution is 6.12. The number of fused-ring (bicyclic) bond motifs is 1. The van der Waals surface area contributed by atoms with E-state index in [1.165, 1.54) is 13.2 Å². The number of nitrogens with two attached hydrogens (primary N) is 1. The predicted octanol–water partition coefficient (Wildman–Crippen LogP) is 1.26. The molecule has 15 heteroatoms. The summed E-state index contributed by atoms with van der Waals surface area (Å²) < 4.78 is 26.5. The van der Waals surface area contributed by atoms with Gasteiger partial charge in [0, 0.05) is 17.7 Å². The van der Waals surface area contributed by atoms with Crippen LogP contribution >= 0.6 is 0 Å². The first-order valence-electron chi connectivity index (χ1n) is 13.7. The Morgan fingerprint density at radius 1 is 0.955 bits per heavy atom. The number of methoxy groups -OCH3 is 1. The maximum absolute atomic E-state index is 13.4. The second-order valence-electron chi connectivity index (χ2n) is 9.55. The van der Waals surface area contributed by atoms with Crippen molar-refractivity contribution in [1.29, 1.82) is 0 Å². The van der Waals surface area contributed by atoms with Crippen molar-refractivity contribution in [2.24, 2.45) is 5.73 Å². The molecule has 3 aromatic rings. The Kier molecular flexibility index (Phi) is 13.5. The maximum atomic E-state index is 13.4.